The molecule has 18 aromatic rings. The van der Waals surface area contributed by atoms with Crippen LogP contribution in [0.2, 0.25) is 0 Å². The number of benzene rings is 15. The quantitative estimate of drug-likeness (QED) is 0.128. The van der Waals surface area contributed by atoms with Gasteiger partial charge in [-0.15, -0.1) is 22.7 Å². The van der Waals surface area contributed by atoms with E-state index in [0.29, 0.717) is 6.42 Å². The maximum Gasteiger partial charge on any atom is 0.412 e. The van der Waals surface area contributed by atoms with E-state index in [-0.39, 0.29) is 18.8 Å². The summed E-state index contributed by atoms with van der Waals surface area (Å²) < 4.78 is 52.9. The Hall–Kier alpha value is -12.6. The second kappa shape index (κ2) is 24.0. The summed E-state index contributed by atoms with van der Waals surface area (Å²) in [6.45, 7) is 0. The summed E-state index contributed by atoms with van der Waals surface area (Å²) in [5.74, 6) is 0.0773. The van der Waals surface area contributed by atoms with E-state index < -0.39 is 11.7 Å². The number of allylic oxidation sites excluding steroid dienone is 5. The topological polar surface area (TPSA) is 11.4 Å². The van der Waals surface area contributed by atoms with E-state index in [1.165, 1.54) is 61.5 Å². The summed E-state index contributed by atoms with van der Waals surface area (Å²) in [7, 11) is 0. The van der Waals surface area contributed by atoms with Gasteiger partial charge in [-0.05, 0) is 210 Å². The van der Waals surface area contributed by atoms with Crippen LogP contribution in [0.4, 0.5) is 41.6 Å². The van der Waals surface area contributed by atoms with Crippen LogP contribution >= 0.6 is 22.7 Å². The minimum atomic E-state index is -4.50. The Morgan fingerprint density at radius 2 is 0.822 bits per heavy atom. The van der Waals surface area contributed by atoms with Gasteiger partial charge in [0.25, 0.3) is 0 Å². The van der Waals surface area contributed by atoms with Crippen molar-refractivity contribution in [1.82, 2.24) is 4.57 Å². The molecule has 0 spiro atoms. The van der Waals surface area contributed by atoms with Gasteiger partial charge in [0.15, 0.2) is 0 Å². The number of rotatable bonds is 11. The molecular formula is C99H62F3N3S2. The zero-order valence-electron chi connectivity index (χ0n) is 57.7. The number of hydrogen-bond acceptors (Lipinski definition) is 4. The van der Waals surface area contributed by atoms with E-state index >= 15 is 13.2 Å². The summed E-state index contributed by atoms with van der Waals surface area (Å²) in [4.78, 5) is 5.08. The summed E-state index contributed by atoms with van der Waals surface area (Å²) in [5, 5.41) is 8.92. The average molecular weight is 1410 g/mol. The molecule has 0 saturated heterocycles. The first-order valence-electron chi connectivity index (χ1n) is 36.6. The molecule has 1 atom stereocenters. The monoisotopic (exact) mass is 1410 g/mol. The second-order valence-electron chi connectivity index (χ2n) is 28.8. The molecule has 0 fully saturated rings. The van der Waals surface area contributed by atoms with Crippen molar-refractivity contribution in [2.45, 2.75) is 31.4 Å². The van der Waals surface area contributed by atoms with Gasteiger partial charge in [-0.2, -0.15) is 13.2 Å². The Morgan fingerprint density at radius 1 is 0.355 bits per heavy atom. The van der Waals surface area contributed by atoms with Gasteiger partial charge < -0.3 is 14.4 Å². The summed E-state index contributed by atoms with van der Waals surface area (Å²) in [6.07, 6.45) is 1.74. The lowest BCUT2D eigenvalue weighted by Gasteiger charge is -2.34. The third-order valence-electron chi connectivity index (χ3n) is 22.9. The molecule has 107 heavy (non-hydrogen) atoms. The molecule has 0 saturated carbocycles. The van der Waals surface area contributed by atoms with Crippen molar-refractivity contribution in [2.75, 3.05) is 9.80 Å². The molecule has 506 valence electrons. The molecule has 3 aromatic heterocycles. The van der Waals surface area contributed by atoms with E-state index in [0.717, 1.165) is 152 Å². The van der Waals surface area contributed by atoms with Crippen LogP contribution in [-0.4, -0.2) is 10.7 Å². The predicted molar refractivity (Wildman–Crippen MR) is 446 cm³/mol. The SMILES string of the molecule is FC(F)(F)C1=CC=C(n2c3cc(N(C4=Cc5cccc6c5C(C4)c4ccccc4-6)c4cc(-c5ccccc5)cc(-c5ccccc5)c4)c4sc5ccccc5c4c3c3c4c(sc5ccccc54)c(N(c4cc(-c5ccccc5)cc(-c5ccccc5)c4)c4cc5c6c(cccc6c4)-c4ccccc4-5)cc32)CC1. The van der Waals surface area contributed by atoms with Crippen molar-refractivity contribution in [1.29, 1.82) is 0 Å². The van der Waals surface area contributed by atoms with Gasteiger partial charge in [-0.1, -0.05) is 249 Å². The summed E-state index contributed by atoms with van der Waals surface area (Å²) in [6, 6.07) is 115. The highest BCUT2D eigenvalue weighted by atomic mass is 32.1. The van der Waals surface area contributed by atoms with Crippen LogP contribution in [0.1, 0.15) is 41.9 Å². The maximum absolute atomic E-state index is 15.3. The van der Waals surface area contributed by atoms with Crippen LogP contribution in [0.5, 0.6) is 0 Å². The summed E-state index contributed by atoms with van der Waals surface area (Å²) >= 11 is 3.63. The fourth-order valence-electron chi connectivity index (χ4n) is 18.3. The molecule has 8 heteroatoms. The number of thiophene rings is 2. The maximum atomic E-state index is 15.3. The van der Waals surface area contributed by atoms with Gasteiger partial charge in [0.2, 0.25) is 0 Å². The standard InChI is InChI=1S/C99H62F3N3S2/c100-99(101,102)69-43-45-70(46-44-69)105-85-57-87(103(73-49-63-31-21-39-79-75-33-13-15-35-77(75)83(55-73)91(63)79)71-51-65(59-23-5-1-6-24-59)47-66(52-71)60-25-7-2-8-26-60)97-93(81-37-17-19-41-89(81)106-97)95(85)96-86(105)58-88(98-94(96)82-38-18-20-42-90(82)107-98)104(74-50-64-32-22-40-80-76-34-14-16-36-78(76)84(56-74)92(64)80)72-53-67(61-27-9-3-10-28-61)48-68(54-72)62-29-11-4-12-30-62/h1-43,45,47-55,57-58,84H,44,46,56H2. The minimum absolute atomic E-state index is 0.0773. The Morgan fingerprint density at radius 3 is 1.37 bits per heavy atom. The third-order valence-corrected chi connectivity index (χ3v) is 25.2. The lowest BCUT2D eigenvalue weighted by atomic mass is 9.83. The smallest absolute Gasteiger partial charge is 0.313 e. The Bertz CT molecular complexity index is 6780. The van der Waals surface area contributed by atoms with Crippen molar-refractivity contribution in [3.05, 3.63) is 356 Å². The van der Waals surface area contributed by atoms with E-state index in [1.54, 1.807) is 6.08 Å². The lowest BCUT2D eigenvalue weighted by molar-refractivity contribution is -0.0939. The molecule has 0 N–H and O–H groups in total. The average Bonchev–Trinajstić information content (AvgIpc) is 1.52. The first-order chi connectivity index (χ1) is 52.7. The molecule has 3 heterocycles. The lowest BCUT2D eigenvalue weighted by Crippen LogP contribution is -2.21. The predicted octanol–water partition coefficient (Wildman–Crippen LogP) is 29.3. The second-order valence-corrected chi connectivity index (χ2v) is 30.9. The van der Waals surface area contributed by atoms with Crippen molar-refractivity contribution in [3.63, 3.8) is 0 Å². The van der Waals surface area contributed by atoms with Crippen LogP contribution < -0.4 is 9.80 Å². The highest BCUT2D eigenvalue weighted by Crippen LogP contribution is 2.60. The fourth-order valence-corrected chi connectivity index (χ4v) is 20.7. The Kier molecular flexibility index (Phi) is 13.9. The van der Waals surface area contributed by atoms with E-state index in [2.05, 4.69) is 336 Å². The number of nitrogens with zero attached hydrogens (tertiary/aromatic N) is 3. The van der Waals surface area contributed by atoms with Gasteiger partial charge in [0.05, 0.1) is 31.8 Å². The number of halogens is 3. The van der Waals surface area contributed by atoms with Crippen LogP contribution in [0, 0.1) is 0 Å². The summed E-state index contributed by atoms with van der Waals surface area (Å²) in [5.41, 5.74) is 28.0. The molecule has 4 aliphatic rings. The van der Waals surface area contributed by atoms with Gasteiger partial charge in [0.1, 0.15) is 0 Å². The number of alkyl halides is 3. The minimum Gasteiger partial charge on any atom is -0.313 e. The molecule has 1 unspecified atom stereocenters. The molecule has 0 radical (unpaired) electrons. The number of aromatic nitrogens is 1. The van der Waals surface area contributed by atoms with Gasteiger partial charge in [0, 0.05) is 81.7 Å². The molecular weight excluding hydrogens is 1350 g/mol. The highest BCUT2D eigenvalue weighted by Gasteiger charge is 2.39. The van der Waals surface area contributed by atoms with E-state index in [1.807, 2.05) is 22.7 Å². The third kappa shape index (κ3) is 9.72. The molecule has 0 bridgehead atoms. The number of hydrogen-bond donors (Lipinski definition) is 0. The molecule has 0 amide bonds. The Labute approximate surface area is 623 Å². The van der Waals surface area contributed by atoms with Gasteiger partial charge >= 0.3 is 6.18 Å². The molecule has 4 aliphatic carbocycles. The van der Waals surface area contributed by atoms with Crippen molar-refractivity contribution >= 4 is 136 Å². The normalized spacial score (nSPS) is 14.3. The molecule has 3 nitrogen and oxygen atoms in total. The first kappa shape index (κ1) is 61.8. The van der Waals surface area contributed by atoms with E-state index in [4.69, 9.17) is 0 Å². The van der Waals surface area contributed by atoms with Crippen LogP contribution in [0.15, 0.2) is 339 Å². The highest BCUT2D eigenvalue weighted by molar-refractivity contribution is 7.27. The van der Waals surface area contributed by atoms with Gasteiger partial charge in [-0.3, -0.25) is 0 Å². The zero-order valence-corrected chi connectivity index (χ0v) is 59.4. The van der Waals surface area contributed by atoms with Crippen molar-refractivity contribution in [2.24, 2.45) is 0 Å². The first-order valence-corrected chi connectivity index (χ1v) is 38.3. The number of anilines is 5. The van der Waals surface area contributed by atoms with Crippen molar-refractivity contribution < 1.29 is 13.2 Å². The number of fused-ring (bicyclic) bond motifs is 17. The van der Waals surface area contributed by atoms with Crippen LogP contribution in [0.3, 0.4) is 0 Å². The fraction of sp³-hybridized carbons (Fsp3) is 0.0505. The van der Waals surface area contributed by atoms with Crippen LogP contribution in [0.25, 0.3) is 163 Å². The largest absolute Gasteiger partial charge is 0.412 e. The van der Waals surface area contributed by atoms with Crippen LogP contribution in [-0.2, 0) is 0 Å². The van der Waals surface area contributed by atoms with E-state index in [9.17, 15) is 0 Å². The Balaban J connectivity index is 0.904. The zero-order chi connectivity index (χ0) is 70.8. The molecule has 0 aliphatic heterocycles. The van der Waals surface area contributed by atoms with Crippen molar-refractivity contribution in [3.8, 4) is 77.9 Å². The van der Waals surface area contributed by atoms with Gasteiger partial charge in [-0.25, -0.2) is 0 Å². The molecule has 15 aromatic carbocycles. The molecule has 22 rings (SSSR count).